The van der Waals surface area contributed by atoms with Crippen molar-refractivity contribution >= 4 is 11.6 Å². The van der Waals surface area contributed by atoms with Crippen LogP contribution in [0.3, 0.4) is 0 Å². The molecule has 6 heteroatoms. The lowest BCUT2D eigenvalue weighted by Crippen LogP contribution is -2.40. The second kappa shape index (κ2) is 5.22. The molecule has 1 saturated heterocycles. The van der Waals surface area contributed by atoms with Crippen LogP contribution in [0.2, 0.25) is 0 Å². The topological polar surface area (TPSA) is 75.9 Å². The van der Waals surface area contributed by atoms with Crippen LogP contribution in [-0.4, -0.2) is 46.3 Å². The van der Waals surface area contributed by atoms with Crippen LogP contribution < -0.4 is 5.32 Å². The van der Waals surface area contributed by atoms with Crippen LogP contribution in [0.5, 0.6) is 0 Å². The second-order valence-electron chi connectivity index (χ2n) is 5.05. The van der Waals surface area contributed by atoms with Gasteiger partial charge in [-0.25, -0.2) is 9.78 Å². The van der Waals surface area contributed by atoms with Crippen molar-refractivity contribution in [2.45, 2.75) is 19.4 Å². The lowest BCUT2D eigenvalue weighted by atomic mass is 10.1. The maximum Gasteiger partial charge on any atom is 0.356 e. The molecule has 1 aliphatic rings. The number of aromatic carboxylic acids is 1. The van der Waals surface area contributed by atoms with E-state index in [9.17, 15) is 9.90 Å². The predicted molar refractivity (Wildman–Crippen MR) is 73.2 cm³/mol. The molecule has 3 rings (SSSR count). The minimum Gasteiger partial charge on any atom is -0.476 e. The van der Waals surface area contributed by atoms with Crippen molar-refractivity contribution in [1.82, 2.24) is 14.7 Å². The fourth-order valence-electron chi connectivity index (χ4n) is 2.53. The summed E-state index contributed by atoms with van der Waals surface area (Å²) in [4.78, 5) is 15.6. The fraction of sp³-hybridized carbons (Fsp3) is 0.429. The van der Waals surface area contributed by atoms with E-state index in [0.717, 1.165) is 18.7 Å². The van der Waals surface area contributed by atoms with Gasteiger partial charge in [-0.15, -0.1) is 0 Å². The molecule has 1 fully saturated rings. The van der Waals surface area contributed by atoms with Gasteiger partial charge in [0.25, 0.3) is 0 Å². The molecule has 1 aliphatic heterocycles. The zero-order valence-electron chi connectivity index (χ0n) is 11.3. The van der Waals surface area contributed by atoms with Crippen molar-refractivity contribution in [3.05, 3.63) is 35.3 Å². The molecule has 2 N–H and O–H groups in total. The number of fused-ring (bicyclic) bond motifs is 1. The number of imidazole rings is 1. The van der Waals surface area contributed by atoms with Crippen molar-refractivity contribution < 1.29 is 14.6 Å². The summed E-state index contributed by atoms with van der Waals surface area (Å²) in [5.74, 6) is -0.995. The molecule has 0 spiro atoms. The number of nitrogens with zero attached hydrogens (tertiary/aromatic N) is 2. The Morgan fingerprint density at radius 1 is 1.65 bits per heavy atom. The summed E-state index contributed by atoms with van der Waals surface area (Å²) in [6.45, 7) is 4.19. The Labute approximate surface area is 116 Å². The normalized spacial score (nSPS) is 19.4. The summed E-state index contributed by atoms with van der Waals surface area (Å²) >= 11 is 0. The summed E-state index contributed by atoms with van der Waals surface area (Å²) in [5.41, 5.74) is 2.54. The quantitative estimate of drug-likeness (QED) is 0.869. The Balaban J connectivity index is 2.01. The number of pyridine rings is 1. The van der Waals surface area contributed by atoms with Crippen LogP contribution in [0, 0.1) is 6.92 Å². The van der Waals surface area contributed by atoms with Crippen LogP contribution >= 0.6 is 0 Å². The second-order valence-corrected chi connectivity index (χ2v) is 5.05. The van der Waals surface area contributed by atoms with Gasteiger partial charge in [0.05, 0.1) is 18.4 Å². The highest BCUT2D eigenvalue weighted by Gasteiger charge is 2.23. The van der Waals surface area contributed by atoms with Gasteiger partial charge in [0, 0.05) is 25.7 Å². The molecule has 20 heavy (non-hydrogen) atoms. The highest BCUT2D eigenvalue weighted by molar-refractivity contribution is 5.88. The monoisotopic (exact) mass is 275 g/mol. The molecular formula is C14H17N3O3. The molecule has 0 amide bonds. The summed E-state index contributed by atoms with van der Waals surface area (Å²) < 4.78 is 7.50. The molecule has 2 aromatic heterocycles. The average molecular weight is 275 g/mol. The lowest BCUT2D eigenvalue weighted by molar-refractivity contribution is 0.0283. The summed E-state index contributed by atoms with van der Waals surface area (Å²) in [6.07, 6.45) is 2.40. The molecule has 0 saturated carbocycles. The highest BCUT2D eigenvalue weighted by atomic mass is 16.5. The standard InChI is InChI=1S/C14H17N3O3/c1-9-2-4-17-11(7-10-8-15-3-5-20-10)13(14(18)19)16-12(17)6-9/h2,4,6,10,15H,3,5,7-8H2,1H3,(H,18,19). The molecule has 3 heterocycles. The molecule has 0 radical (unpaired) electrons. The average Bonchev–Trinajstić information content (AvgIpc) is 2.78. The first-order valence-electron chi connectivity index (χ1n) is 6.68. The molecule has 106 valence electrons. The largest absolute Gasteiger partial charge is 0.476 e. The van der Waals surface area contributed by atoms with Gasteiger partial charge in [-0.2, -0.15) is 0 Å². The highest BCUT2D eigenvalue weighted by Crippen LogP contribution is 2.17. The SMILES string of the molecule is Cc1ccn2c(CC3CNCCO3)c(C(=O)O)nc2c1. The molecule has 1 atom stereocenters. The van der Waals surface area contributed by atoms with Crippen molar-refractivity contribution in [1.29, 1.82) is 0 Å². The minimum atomic E-state index is -0.995. The summed E-state index contributed by atoms with van der Waals surface area (Å²) in [6, 6.07) is 3.83. The zero-order chi connectivity index (χ0) is 14.1. The number of carboxylic acid groups (broad SMARTS) is 1. The molecule has 1 unspecified atom stereocenters. The van der Waals surface area contributed by atoms with E-state index in [1.807, 2.05) is 29.7 Å². The number of morpholine rings is 1. The predicted octanol–water partition coefficient (Wildman–Crippen LogP) is 0.872. The van der Waals surface area contributed by atoms with E-state index in [2.05, 4.69) is 10.3 Å². The van der Waals surface area contributed by atoms with Crippen molar-refractivity contribution in [2.75, 3.05) is 19.7 Å². The van der Waals surface area contributed by atoms with Crippen LogP contribution in [0.15, 0.2) is 18.3 Å². The molecule has 0 aliphatic carbocycles. The first kappa shape index (κ1) is 13.1. The number of hydrogen-bond donors (Lipinski definition) is 2. The van der Waals surface area contributed by atoms with Gasteiger partial charge in [0.1, 0.15) is 5.65 Å². The zero-order valence-corrected chi connectivity index (χ0v) is 11.3. The van der Waals surface area contributed by atoms with Gasteiger partial charge >= 0.3 is 5.97 Å². The Bertz CT molecular complexity index is 644. The number of hydrogen-bond acceptors (Lipinski definition) is 4. The van der Waals surface area contributed by atoms with Gasteiger partial charge < -0.3 is 19.6 Å². The number of nitrogens with one attached hydrogen (secondary N) is 1. The van der Waals surface area contributed by atoms with Crippen molar-refractivity contribution in [3.8, 4) is 0 Å². The number of aromatic nitrogens is 2. The van der Waals surface area contributed by atoms with Crippen LogP contribution in [-0.2, 0) is 11.2 Å². The Morgan fingerprint density at radius 3 is 3.20 bits per heavy atom. The van der Waals surface area contributed by atoms with E-state index in [1.165, 1.54) is 0 Å². The lowest BCUT2D eigenvalue weighted by Gasteiger charge is -2.23. The van der Waals surface area contributed by atoms with Crippen LogP contribution in [0.25, 0.3) is 5.65 Å². The maximum absolute atomic E-state index is 11.4. The van der Waals surface area contributed by atoms with E-state index < -0.39 is 5.97 Å². The van der Waals surface area contributed by atoms with E-state index in [0.29, 0.717) is 24.4 Å². The Morgan fingerprint density at radius 2 is 2.50 bits per heavy atom. The number of ether oxygens (including phenoxy) is 1. The van der Waals surface area contributed by atoms with Crippen LogP contribution in [0.4, 0.5) is 0 Å². The summed E-state index contributed by atoms with van der Waals surface area (Å²) in [7, 11) is 0. The number of carboxylic acids is 1. The van der Waals surface area contributed by atoms with E-state index in [-0.39, 0.29) is 11.8 Å². The first-order chi connectivity index (χ1) is 9.65. The minimum absolute atomic E-state index is 0.0111. The third-order valence-corrected chi connectivity index (χ3v) is 3.51. The van der Waals surface area contributed by atoms with Gasteiger partial charge in [-0.1, -0.05) is 0 Å². The fourth-order valence-corrected chi connectivity index (χ4v) is 2.53. The van der Waals surface area contributed by atoms with Crippen molar-refractivity contribution in [2.24, 2.45) is 0 Å². The number of rotatable bonds is 3. The molecular weight excluding hydrogens is 258 g/mol. The van der Waals surface area contributed by atoms with Gasteiger partial charge in [-0.05, 0) is 24.6 Å². The maximum atomic E-state index is 11.4. The number of carbonyl (C=O) groups is 1. The summed E-state index contributed by atoms with van der Waals surface area (Å²) in [5, 5.41) is 12.6. The Hall–Kier alpha value is -1.92. The van der Waals surface area contributed by atoms with Gasteiger partial charge in [0.15, 0.2) is 5.69 Å². The van der Waals surface area contributed by atoms with Gasteiger partial charge in [-0.3, -0.25) is 0 Å². The van der Waals surface area contributed by atoms with E-state index >= 15 is 0 Å². The molecule has 0 aromatic carbocycles. The Kier molecular flexibility index (Phi) is 3.42. The van der Waals surface area contributed by atoms with E-state index in [1.54, 1.807) is 0 Å². The van der Waals surface area contributed by atoms with Crippen LogP contribution in [0.1, 0.15) is 21.7 Å². The molecule has 0 bridgehead atoms. The smallest absolute Gasteiger partial charge is 0.356 e. The third-order valence-electron chi connectivity index (χ3n) is 3.51. The first-order valence-corrected chi connectivity index (χ1v) is 6.68. The van der Waals surface area contributed by atoms with Crippen molar-refractivity contribution in [3.63, 3.8) is 0 Å². The molecule has 6 nitrogen and oxygen atoms in total. The van der Waals surface area contributed by atoms with E-state index in [4.69, 9.17) is 4.74 Å². The number of aryl methyl sites for hydroxylation is 1. The van der Waals surface area contributed by atoms with Gasteiger partial charge in [0.2, 0.25) is 0 Å². The third kappa shape index (κ3) is 2.39. The molecule has 2 aromatic rings.